The van der Waals surface area contributed by atoms with Gasteiger partial charge in [0, 0.05) is 24.0 Å². The Labute approximate surface area is 122 Å². The Balaban J connectivity index is 1.94. The molecular formula is C16H18FNO3. The van der Waals surface area contributed by atoms with E-state index in [1.165, 1.54) is 6.07 Å². The van der Waals surface area contributed by atoms with Crippen molar-refractivity contribution in [2.24, 2.45) is 0 Å². The van der Waals surface area contributed by atoms with Crippen LogP contribution >= 0.6 is 0 Å². The second-order valence-electron chi connectivity index (χ2n) is 5.32. The molecule has 1 aromatic carbocycles. The van der Waals surface area contributed by atoms with Crippen molar-refractivity contribution in [2.45, 2.75) is 26.4 Å². The second-order valence-corrected chi connectivity index (χ2v) is 5.32. The van der Waals surface area contributed by atoms with Crippen LogP contribution in [-0.4, -0.2) is 36.6 Å². The van der Waals surface area contributed by atoms with E-state index in [2.05, 4.69) is 0 Å². The van der Waals surface area contributed by atoms with Gasteiger partial charge in [0.1, 0.15) is 0 Å². The summed E-state index contributed by atoms with van der Waals surface area (Å²) in [5.41, 5.74) is 0.840. The molecule has 1 aliphatic rings. The number of para-hydroxylation sites is 1. The minimum absolute atomic E-state index is 0.0594. The van der Waals surface area contributed by atoms with Crippen LogP contribution in [-0.2, 0) is 4.74 Å². The van der Waals surface area contributed by atoms with Crippen LogP contribution in [0.4, 0.5) is 4.39 Å². The summed E-state index contributed by atoms with van der Waals surface area (Å²) in [6, 6.07) is 4.72. The van der Waals surface area contributed by atoms with Gasteiger partial charge < -0.3 is 14.1 Å². The van der Waals surface area contributed by atoms with E-state index in [0.717, 1.165) is 6.42 Å². The Morgan fingerprint density at radius 2 is 2.29 bits per heavy atom. The Bertz CT molecular complexity index is 679. The lowest BCUT2D eigenvalue weighted by atomic mass is 10.1. The summed E-state index contributed by atoms with van der Waals surface area (Å²) in [5, 5.41) is 0.652. The smallest absolute Gasteiger partial charge is 0.290 e. The van der Waals surface area contributed by atoms with Crippen LogP contribution in [0.25, 0.3) is 11.0 Å². The van der Waals surface area contributed by atoms with Gasteiger partial charge in [0.2, 0.25) is 0 Å². The summed E-state index contributed by atoms with van der Waals surface area (Å²) in [5.74, 6) is -0.403. The molecule has 0 N–H and O–H groups in total. The van der Waals surface area contributed by atoms with Gasteiger partial charge in [-0.1, -0.05) is 19.1 Å². The van der Waals surface area contributed by atoms with Gasteiger partial charge in [0.15, 0.2) is 17.2 Å². The van der Waals surface area contributed by atoms with Crippen molar-refractivity contribution >= 4 is 16.9 Å². The molecular weight excluding hydrogens is 273 g/mol. The van der Waals surface area contributed by atoms with E-state index in [0.29, 0.717) is 30.6 Å². The first-order chi connectivity index (χ1) is 10.1. The quantitative estimate of drug-likeness (QED) is 0.853. The fourth-order valence-corrected chi connectivity index (χ4v) is 2.71. The van der Waals surface area contributed by atoms with Crippen LogP contribution in [0, 0.1) is 12.7 Å². The van der Waals surface area contributed by atoms with Crippen molar-refractivity contribution in [2.75, 3.05) is 19.7 Å². The third-order valence-electron chi connectivity index (χ3n) is 3.99. The maximum absolute atomic E-state index is 13.8. The van der Waals surface area contributed by atoms with Gasteiger partial charge in [-0.3, -0.25) is 4.79 Å². The average Bonchev–Trinajstić information content (AvgIpc) is 2.85. The topological polar surface area (TPSA) is 42.7 Å². The summed E-state index contributed by atoms with van der Waals surface area (Å²) >= 11 is 0. The molecule has 0 radical (unpaired) electrons. The summed E-state index contributed by atoms with van der Waals surface area (Å²) < 4.78 is 24.8. The van der Waals surface area contributed by atoms with E-state index >= 15 is 0 Å². The second kappa shape index (κ2) is 5.48. The van der Waals surface area contributed by atoms with Gasteiger partial charge in [0.05, 0.1) is 12.7 Å². The largest absolute Gasteiger partial charge is 0.448 e. The standard InChI is InChI=1S/C16H18FNO3/c1-3-11-9-18(7-8-20-11)16(19)14-10(2)12-5-4-6-13(17)15(12)21-14/h4-6,11H,3,7-9H2,1-2H3. The molecule has 1 aliphatic heterocycles. The van der Waals surface area contributed by atoms with Gasteiger partial charge in [-0.15, -0.1) is 0 Å². The highest BCUT2D eigenvalue weighted by Crippen LogP contribution is 2.28. The number of carbonyl (C=O) groups is 1. The number of ether oxygens (including phenoxy) is 1. The van der Waals surface area contributed by atoms with Crippen LogP contribution in [0.15, 0.2) is 22.6 Å². The highest BCUT2D eigenvalue weighted by Gasteiger charge is 2.28. The number of halogens is 1. The van der Waals surface area contributed by atoms with E-state index in [9.17, 15) is 9.18 Å². The average molecular weight is 291 g/mol. The zero-order valence-electron chi connectivity index (χ0n) is 12.2. The molecule has 21 heavy (non-hydrogen) atoms. The van der Waals surface area contributed by atoms with Gasteiger partial charge in [-0.05, 0) is 19.4 Å². The zero-order chi connectivity index (χ0) is 15.0. The molecule has 1 unspecified atom stereocenters. The number of morpholine rings is 1. The lowest BCUT2D eigenvalue weighted by Gasteiger charge is -2.32. The van der Waals surface area contributed by atoms with Crippen LogP contribution in [0.3, 0.4) is 0 Å². The van der Waals surface area contributed by atoms with E-state index in [1.807, 2.05) is 6.92 Å². The van der Waals surface area contributed by atoms with Crippen molar-refractivity contribution in [1.82, 2.24) is 4.90 Å². The lowest BCUT2D eigenvalue weighted by molar-refractivity contribution is -0.0235. The fourth-order valence-electron chi connectivity index (χ4n) is 2.71. The molecule has 5 heteroatoms. The number of furan rings is 1. The Hall–Kier alpha value is -1.88. The van der Waals surface area contributed by atoms with Crippen molar-refractivity contribution in [1.29, 1.82) is 0 Å². The van der Waals surface area contributed by atoms with Crippen molar-refractivity contribution in [3.63, 3.8) is 0 Å². The van der Waals surface area contributed by atoms with Crippen molar-refractivity contribution in [3.05, 3.63) is 35.3 Å². The van der Waals surface area contributed by atoms with Crippen LogP contribution in [0.5, 0.6) is 0 Å². The molecule has 1 fully saturated rings. The number of carbonyl (C=O) groups excluding carboxylic acids is 1. The zero-order valence-corrected chi connectivity index (χ0v) is 12.2. The first-order valence-corrected chi connectivity index (χ1v) is 7.20. The summed E-state index contributed by atoms with van der Waals surface area (Å²) in [4.78, 5) is 14.3. The monoisotopic (exact) mass is 291 g/mol. The highest BCUT2D eigenvalue weighted by molar-refractivity contribution is 5.99. The normalized spacial score (nSPS) is 19.2. The molecule has 112 valence electrons. The molecule has 1 saturated heterocycles. The third-order valence-corrected chi connectivity index (χ3v) is 3.99. The predicted molar refractivity (Wildman–Crippen MR) is 76.8 cm³/mol. The molecule has 0 aliphatic carbocycles. The van der Waals surface area contributed by atoms with Crippen LogP contribution in [0.2, 0.25) is 0 Å². The molecule has 0 saturated carbocycles. The maximum atomic E-state index is 13.8. The highest BCUT2D eigenvalue weighted by atomic mass is 19.1. The number of hydrogen-bond donors (Lipinski definition) is 0. The molecule has 3 rings (SSSR count). The Morgan fingerprint density at radius 1 is 1.48 bits per heavy atom. The summed E-state index contributed by atoms with van der Waals surface area (Å²) in [6.45, 7) is 5.43. The van der Waals surface area contributed by atoms with Gasteiger partial charge in [0.25, 0.3) is 5.91 Å². The number of rotatable bonds is 2. The molecule has 0 bridgehead atoms. The molecule has 1 aromatic heterocycles. The van der Waals surface area contributed by atoms with E-state index in [4.69, 9.17) is 9.15 Å². The lowest BCUT2D eigenvalue weighted by Crippen LogP contribution is -2.45. The molecule has 2 heterocycles. The number of nitrogens with zero attached hydrogens (tertiary/aromatic N) is 1. The molecule has 4 nitrogen and oxygen atoms in total. The Kier molecular flexibility index (Phi) is 3.68. The summed E-state index contributed by atoms with van der Waals surface area (Å²) in [6.07, 6.45) is 0.918. The minimum Gasteiger partial charge on any atom is -0.448 e. The van der Waals surface area contributed by atoms with E-state index in [-0.39, 0.29) is 23.4 Å². The van der Waals surface area contributed by atoms with Gasteiger partial charge in [-0.2, -0.15) is 0 Å². The SMILES string of the molecule is CCC1CN(C(=O)c2oc3c(F)cccc3c2C)CCO1. The van der Waals surface area contributed by atoms with E-state index in [1.54, 1.807) is 24.0 Å². The number of hydrogen-bond acceptors (Lipinski definition) is 3. The van der Waals surface area contributed by atoms with Crippen LogP contribution < -0.4 is 0 Å². The minimum atomic E-state index is -0.442. The summed E-state index contributed by atoms with van der Waals surface area (Å²) in [7, 11) is 0. The van der Waals surface area contributed by atoms with Gasteiger partial charge in [-0.25, -0.2) is 4.39 Å². The first-order valence-electron chi connectivity index (χ1n) is 7.20. The molecule has 1 atom stereocenters. The fraction of sp³-hybridized carbons (Fsp3) is 0.438. The van der Waals surface area contributed by atoms with Crippen molar-refractivity contribution < 1.29 is 18.3 Å². The first kappa shape index (κ1) is 14.1. The van der Waals surface area contributed by atoms with Crippen molar-refractivity contribution in [3.8, 4) is 0 Å². The predicted octanol–water partition coefficient (Wildman–Crippen LogP) is 3.13. The van der Waals surface area contributed by atoms with E-state index < -0.39 is 5.82 Å². The van der Waals surface area contributed by atoms with Gasteiger partial charge >= 0.3 is 0 Å². The molecule has 0 spiro atoms. The molecule has 2 aromatic rings. The number of aryl methyl sites for hydroxylation is 1. The number of fused-ring (bicyclic) bond motifs is 1. The third kappa shape index (κ3) is 2.42. The molecule has 1 amide bonds. The Morgan fingerprint density at radius 3 is 3.00 bits per heavy atom. The maximum Gasteiger partial charge on any atom is 0.290 e. The number of amides is 1. The number of benzene rings is 1. The van der Waals surface area contributed by atoms with Crippen LogP contribution in [0.1, 0.15) is 29.5 Å².